The number of imidazole rings is 1. The maximum atomic E-state index is 12.7. The maximum Gasteiger partial charge on any atom is 0.228 e. The van der Waals surface area contributed by atoms with Gasteiger partial charge in [-0.1, -0.05) is 24.3 Å². The van der Waals surface area contributed by atoms with Gasteiger partial charge in [-0.15, -0.1) is 0 Å². The summed E-state index contributed by atoms with van der Waals surface area (Å²) in [5, 5.41) is 2.96. The molecule has 126 valence electrons. The number of amides is 2. The van der Waals surface area contributed by atoms with Crippen molar-refractivity contribution in [2.45, 2.75) is 18.9 Å². The molecule has 1 aliphatic rings. The van der Waals surface area contributed by atoms with Crippen LogP contribution in [0.2, 0.25) is 0 Å². The molecule has 2 N–H and O–H groups in total. The lowest BCUT2D eigenvalue weighted by Crippen LogP contribution is -2.39. The summed E-state index contributed by atoms with van der Waals surface area (Å²) >= 11 is 0. The van der Waals surface area contributed by atoms with Crippen LogP contribution < -0.4 is 10.2 Å². The summed E-state index contributed by atoms with van der Waals surface area (Å²) in [6.45, 7) is 0.413. The number of carbonyl (C=O) groups excluding carboxylic acids is 2. The predicted octanol–water partition coefficient (Wildman–Crippen LogP) is 2.33. The number of aromatic amines is 1. The SMILES string of the molecule is CN1C(=O)C[C@H](C(=O)NCc2ccc3nc[nH]c3c2)c2ccccc21. The summed E-state index contributed by atoms with van der Waals surface area (Å²) in [4.78, 5) is 33.8. The summed E-state index contributed by atoms with van der Waals surface area (Å²) in [6.07, 6.45) is 1.84. The van der Waals surface area contributed by atoms with Crippen molar-refractivity contribution >= 4 is 28.5 Å². The second-order valence-corrected chi connectivity index (χ2v) is 6.24. The van der Waals surface area contributed by atoms with Gasteiger partial charge in [-0.05, 0) is 29.3 Å². The molecule has 2 amide bonds. The number of benzene rings is 2. The number of H-pyrrole nitrogens is 1. The smallest absolute Gasteiger partial charge is 0.228 e. The van der Waals surface area contributed by atoms with Gasteiger partial charge in [-0.25, -0.2) is 4.98 Å². The molecule has 25 heavy (non-hydrogen) atoms. The Hall–Kier alpha value is -3.15. The van der Waals surface area contributed by atoms with E-state index in [1.165, 1.54) is 0 Å². The van der Waals surface area contributed by atoms with Crippen LogP contribution in [0, 0.1) is 0 Å². The van der Waals surface area contributed by atoms with Crippen LogP contribution >= 0.6 is 0 Å². The van der Waals surface area contributed by atoms with Crippen LogP contribution in [0.1, 0.15) is 23.5 Å². The van der Waals surface area contributed by atoms with E-state index in [4.69, 9.17) is 0 Å². The molecule has 4 rings (SSSR count). The van der Waals surface area contributed by atoms with E-state index in [1.54, 1.807) is 18.3 Å². The fourth-order valence-corrected chi connectivity index (χ4v) is 3.28. The quantitative estimate of drug-likeness (QED) is 0.772. The molecule has 0 aliphatic carbocycles. The largest absolute Gasteiger partial charge is 0.351 e. The monoisotopic (exact) mass is 334 g/mol. The first kappa shape index (κ1) is 15.4. The molecule has 0 radical (unpaired) electrons. The lowest BCUT2D eigenvalue weighted by molar-refractivity contribution is -0.127. The van der Waals surface area contributed by atoms with Gasteiger partial charge in [0.2, 0.25) is 11.8 Å². The average molecular weight is 334 g/mol. The summed E-state index contributed by atoms with van der Waals surface area (Å²) in [6, 6.07) is 13.4. The Morgan fingerprint density at radius 2 is 2.16 bits per heavy atom. The third-order valence-electron chi connectivity index (χ3n) is 4.69. The maximum absolute atomic E-state index is 12.7. The van der Waals surface area contributed by atoms with Gasteiger partial charge in [0, 0.05) is 25.7 Å². The van der Waals surface area contributed by atoms with E-state index in [1.807, 2.05) is 42.5 Å². The van der Waals surface area contributed by atoms with Gasteiger partial charge in [0.1, 0.15) is 0 Å². The highest BCUT2D eigenvalue weighted by Crippen LogP contribution is 2.35. The number of para-hydroxylation sites is 1. The molecular formula is C19H18N4O2. The van der Waals surface area contributed by atoms with Gasteiger partial charge in [0.05, 0.1) is 23.3 Å². The Morgan fingerprint density at radius 1 is 1.32 bits per heavy atom. The molecule has 6 nitrogen and oxygen atoms in total. The number of aromatic nitrogens is 2. The fraction of sp³-hybridized carbons (Fsp3) is 0.211. The number of hydrogen-bond acceptors (Lipinski definition) is 3. The van der Waals surface area contributed by atoms with E-state index < -0.39 is 5.92 Å². The van der Waals surface area contributed by atoms with Gasteiger partial charge < -0.3 is 15.2 Å². The number of anilines is 1. The molecule has 2 heterocycles. The van der Waals surface area contributed by atoms with Crippen molar-refractivity contribution < 1.29 is 9.59 Å². The lowest BCUT2D eigenvalue weighted by atomic mass is 9.89. The standard InChI is InChI=1S/C19H18N4O2/c1-23-17-5-3-2-4-13(17)14(9-18(23)24)19(25)20-10-12-6-7-15-16(8-12)22-11-21-15/h2-8,11,14H,9-10H2,1H3,(H,20,25)(H,21,22)/t14-/m0/s1. The summed E-state index contributed by atoms with van der Waals surface area (Å²) in [5.41, 5.74) is 4.51. The zero-order chi connectivity index (χ0) is 17.4. The zero-order valence-electron chi connectivity index (χ0n) is 13.8. The van der Waals surface area contributed by atoms with Crippen LogP contribution in [-0.2, 0) is 16.1 Å². The van der Waals surface area contributed by atoms with E-state index in [9.17, 15) is 9.59 Å². The molecule has 2 aromatic carbocycles. The van der Waals surface area contributed by atoms with E-state index in [2.05, 4.69) is 15.3 Å². The van der Waals surface area contributed by atoms with E-state index >= 15 is 0 Å². The second kappa shape index (κ2) is 6.05. The minimum atomic E-state index is -0.448. The van der Waals surface area contributed by atoms with Crippen LogP contribution in [0.4, 0.5) is 5.69 Å². The van der Waals surface area contributed by atoms with Gasteiger partial charge in [-0.2, -0.15) is 0 Å². The Labute approximate surface area is 144 Å². The van der Waals surface area contributed by atoms with Crippen molar-refractivity contribution in [3.8, 4) is 0 Å². The molecular weight excluding hydrogens is 316 g/mol. The van der Waals surface area contributed by atoms with Gasteiger partial charge in [-0.3, -0.25) is 9.59 Å². The molecule has 0 bridgehead atoms. The Kier molecular flexibility index (Phi) is 3.72. The Morgan fingerprint density at radius 3 is 3.04 bits per heavy atom. The highest BCUT2D eigenvalue weighted by atomic mass is 16.2. The molecule has 6 heteroatoms. The minimum Gasteiger partial charge on any atom is -0.351 e. The van der Waals surface area contributed by atoms with Gasteiger partial charge >= 0.3 is 0 Å². The van der Waals surface area contributed by atoms with Crippen LogP contribution in [0.25, 0.3) is 11.0 Å². The van der Waals surface area contributed by atoms with Crippen LogP contribution in [0.15, 0.2) is 48.8 Å². The number of hydrogen-bond donors (Lipinski definition) is 2. The first-order valence-electron chi connectivity index (χ1n) is 8.18. The molecule has 1 aliphatic heterocycles. The van der Waals surface area contributed by atoms with Gasteiger partial charge in [0.15, 0.2) is 0 Å². The molecule has 0 fully saturated rings. The number of nitrogens with one attached hydrogen (secondary N) is 2. The van der Waals surface area contributed by atoms with Crippen molar-refractivity contribution in [2.75, 3.05) is 11.9 Å². The normalized spacial score (nSPS) is 16.8. The third kappa shape index (κ3) is 2.76. The first-order chi connectivity index (χ1) is 12.1. The van der Waals surface area contributed by atoms with E-state index in [0.29, 0.717) is 6.54 Å². The van der Waals surface area contributed by atoms with Crippen LogP contribution in [0.3, 0.4) is 0 Å². The Bertz CT molecular complexity index is 963. The fourth-order valence-electron chi connectivity index (χ4n) is 3.28. The van der Waals surface area contributed by atoms with Gasteiger partial charge in [0.25, 0.3) is 0 Å². The first-order valence-corrected chi connectivity index (χ1v) is 8.18. The molecule has 1 aromatic heterocycles. The van der Waals surface area contributed by atoms with Crippen molar-refractivity contribution in [3.63, 3.8) is 0 Å². The second-order valence-electron chi connectivity index (χ2n) is 6.24. The van der Waals surface area contributed by atoms with E-state index in [0.717, 1.165) is 27.8 Å². The lowest BCUT2D eigenvalue weighted by Gasteiger charge is -2.30. The number of rotatable bonds is 3. The number of nitrogens with zero attached hydrogens (tertiary/aromatic N) is 2. The van der Waals surface area contributed by atoms with Crippen molar-refractivity contribution in [1.82, 2.24) is 15.3 Å². The molecule has 1 atom stereocenters. The predicted molar refractivity (Wildman–Crippen MR) is 95.2 cm³/mol. The van der Waals surface area contributed by atoms with Crippen molar-refractivity contribution in [3.05, 3.63) is 59.9 Å². The highest BCUT2D eigenvalue weighted by Gasteiger charge is 2.33. The van der Waals surface area contributed by atoms with Crippen molar-refractivity contribution in [2.24, 2.45) is 0 Å². The molecule has 3 aromatic rings. The molecule has 0 spiro atoms. The minimum absolute atomic E-state index is 0.0438. The zero-order valence-corrected chi connectivity index (χ0v) is 13.8. The van der Waals surface area contributed by atoms with Crippen molar-refractivity contribution in [1.29, 1.82) is 0 Å². The topological polar surface area (TPSA) is 78.1 Å². The summed E-state index contributed by atoms with van der Waals surface area (Å²) < 4.78 is 0. The average Bonchev–Trinajstić information content (AvgIpc) is 3.10. The number of carbonyl (C=O) groups is 2. The highest BCUT2D eigenvalue weighted by molar-refractivity contribution is 6.02. The Balaban J connectivity index is 1.52. The molecule has 0 saturated heterocycles. The summed E-state index contributed by atoms with van der Waals surface area (Å²) in [7, 11) is 1.74. The molecule has 0 unspecified atom stereocenters. The van der Waals surface area contributed by atoms with Crippen LogP contribution in [0.5, 0.6) is 0 Å². The van der Waals surface area contributed by atoms with Crippen LogP contribution in [-0.4, -0.2) is 28.8 Å². The molecule has 0 saturated carbocycles. The van der Waals surface area contributed by atoms with E-state index in [-0.39, 0.29) is 18.2 Å². The third-order valence-corrected chi connectivity index (χ3v) is 4.69. The summed E-state index contributed by atoms with van der Waals surface area (Å²) in [5.74, 6) is -0.618. The number of fused-ring (bicyclic) bond motifs is 2.